The van der Waals surface area contributed by atoms with Gasteiger partial charge in [-0.1, -0.05) is 37.1 Å². The highest BCUT2D eigenvalue weighted by Crippen LogP contribution is 2.31. The van der Waals surface area contributed by atoms with E-state index < -0.39 is 11.7 Å². The first-order valence-corrected chi connectivity index (χ1v) is 5.40. The van der Waals surface area contributed by atoms with E-state index in [0.29, 0.717) is 17.6 Å². The molecule has 0 aliphatic heterocycles. The number of alkyl halides is 3. The van der Waals surface area contributed by atoms with Gasteiger partial charge in [-0.15, -0.1) is 0 Å². The van der Waals surface area contributed by atoms with Crippen LogP contribution in [0.4, 0.5) is 13.2 Å². The number of hydrogen-bond donors (Lipinski definition) is 0. The fourth-order valence-electron chi connectivity index (χ4n) is 1.31. The minimum Gasteiger partial charge on any atom is -0.166 e. The van der Waals surface area contributed by atoms with Crippen molar-refractivity contribution in [2.24, 2.45) is 0 Å². The normalized spacial score (nSPS) is 14.8. The van der Waals surface area contributed by atoms with Crippen molar-refractivity contribution < 1.29 is 13.2 Å². The van der Waals surface area contributed by atoms with Crippen molar-refractivity contribution in [3.05, 3.63) is 35.5 Å². The van der Waals surface area contributed by atoms with Crippen molar-refractivity contribution in [2.45, 2.75) is 46.2 Å². The Balaban J connectivity index is 5.16. The minimum atomic E-state index is -4.28. The zero-order chi connectivity index (χ0) is 12.8. The largest absolute Gasteiger partial charge is 0.416 e. The molecule has 0 bridgehead atoms. The van der Waals surface area contributed by atoms with Crippen LogP contribution >= 0.6 is 0 Å². The molecule has 0 N–H and O–H groups in total. The number of hydrogen-bond acceptors (Lipinski definition) is 0. The van der Waals surface area contributed by atoms with Crippen LogP contribution in [0.3, 0.4) is 0 Å². The van der Waals surface area contributed by atoms with Gasteiger partial charge in [-0.2, -0.15) is 13.2 Å². The molecule has 0 aromatic rings. The lowest BCUT2D eigenvalue weighted by Crippen LogP contribution is -2.12. The Bertz CT molecular complexity index is 293. The van der Waals surface area contributed by atoms with Gasteiger partial charge in [0, 0.05) is 0 Å². The molecule has 0 saturated heterocycles. The Morgan fingerprint density at radius 1 is 1.25 bits per heavy atom. The van der Waals surface area contributed by atoms with Gasteiger partial charge in [-0.05, 0) is 32.8 Å². The predicted molar refractivity (Wildman–Crippen MR) is 62.2 cm³/mol. The molecule has 0 spiro atoms. The zero-order valence-corrected chi connectivity index (χ0v) is 10.1. The maximum absolute atomic E-state index is 12.8. The summed E-state index contributed by atoms with van der Waals surface area (Å²) in [6, 6.07) is 0. The second-order valence-electron chi connectivity index (χ2n) is 3.89. The van der Waals surface area contributed by atoms with Crippen LogP contribution in [-0.2, 0) is 0 Å². The number of unbranched alkanes of at least 4 members (excludes halogenated alkanes) is 1. The summed E-state index contributed by atoms with van der Waals surface area (Å²) in [7, 11) is 0. The summed E-state index contributed by atoms with van der Waals surface area (Å²) in [5.41, 5.74) is 0.400. The summed E-state index contributed by atoms with van der Waals surface area (Å²) in [6.07, 6.45) is 0.490. The van der Waals surface area contributed by atoms with Gasteiger partial charge in [0.05, 0.1) is 5.57 Å². The van der Waals surface area contributed by atoms with E-state index in [2.05, 4.69) is 6.58 Å². The molecule has 3 heteroatoms. The first-order chi connectivity index (χ1) is 7.32. The molecule has 0 nitrogen and oxygen atoms in total. The third kappa shape index (κ3) is 5.19. The van der Waals surface area contributed by atoms with E-state index in [1.54, 1.807) is 13.8 Å². The lowest BCUT2D eigenvalue weighted by Gasteiger charge is -2.13. The molecule has 0 fully saturated rings. The smallest absolute Gasteiger partial charge is 0.166 e. The molecule has 0 aliphatic rings. The highest BCUT2D eigenvalue weighted by Gasteiger charge is 2.33. The molecular formula is C13H19F3. The number of rotatable bonds is 5. The van der Waals surface area contributed by atoms with Crippen LogP contribution in [0, 0.1) is 0 Å². The monoisotopic (exact) mass is 232 g/mol. The lowest BCUT2D eigenvalue weighted by molar-refractivity contribution is -0.0891. The highest BCUT2D eigenvalue weighted by molar-refractivity contribution is 5.34. The van der Waals surface area contributed by atoms with Crippen molar-refractivity contribution in [2.75, 3.05) is 0 Å². The van der Waals surface area contributed by atoms with E-state index in [-0.39, 0.29) is 0 Å². The summed E-state index contributed by atoms with van der Waals surface area (Å²) >= 11 is 0. The maximum Gasteiger partial charge on any atom is 0.416 e. The van der Waals surface area contributed by atoms with Crippen LogP contribution in [0.2, 0.25) is 0 Å². The standard InChI is InChI=1S/C13H19F3/c1-5-7-8-11(4)12(13(14,15)16)9-10(3)6-2/h6,9H,2,5,7-8H2,1,3-4H3/b10-9-,12-11+. The summed E-state index contributed by atoms with van der Waals surface area (Å²) in [5, 5.41) is 0. The molecular weight excluding hydrogens is 213 g/mol. The molecule has 16 heavy (non-hydrogen) atoms. The van der Waals surface area contributed by atoms with E-state index >= 15 is 0 Å². The second-order valence-corrected chi connectivity index (χ2v) is 3.89. The second kappa shape index (κ2) is 6.56. The highest BCUT2D eigenvalue weighted by atomic mass is 19.4. The van der Waals surface area contributed by atoms with Crippen molar-refractivity contribution in [3.8, 4) is 0 Å². The quantitative estimate of drug-likeness (QED) is 0.572. The van der Waals surface area contributed by atoms with E-state index in [9.17, 15) is 13.2 Å². The Morgan fingerprint density at radius 3 is 2.19 bits per heavy atom. The molecule has 0 aromatic heterocycles. The molecule has 0 heterocycles. The van der Waals surface area contributed by atoms with Crippen LogP contribution in [0.25, 0.3) is 0 Å². The molecule has 0 unspecified atom stereocenters. The third-order valence-electron chi connectivity index (χ3n) is 2.36. The zero-order valence-electron chi connectivity index (χ0n) is 10.1. The van der Waals surface area contributed by atoms with Gasteiger partial charge < -0.3 is 0 Å². The van der Waals surface area contributed by atoms with E-state index in [4.69, 9.17) is 0 Å². The van der Waals surface area contributed by atoms with E-state index in [0.717, 1.165) is 18.9 Å². The third-order valence-corrected chi connectivity index (χ3v) is 2.36. The molecule has 92 valence electrons. The first kappa shape index (κ1) is 15.0. The van der Waals surface area contributed by atoms with Crippen LogP contribution in [-0.4, -0.2) is 6.18 Å². The van der Waals surface area contributed by atoms with Gasteiger partial charge in [0.15, 0.2) is 0 Å². The molecule has 0 saturated carbocycles. The number of halogens is 3. The lowest BCUT2D eigenvalue weighted by atomic mass is 10.0. The van der Waals surface area contributed by atoms with Crippen molar-refractivity contribution in [1.29, 1.82) is 0 Å². The summed E-state index contributed by atoms with van der Waals surface area (Å²) < 4.78 is 38.3. The first-order valence-electron chi connectivity index (χ1n) is 5.40. The molecule has 0 aromatic carbocycles. The van der Waals surface area contributed by atoms with Crippen LogP contribution in [0.15, 0.2) is 35.5 Å². The van der Waals surface area contributed by atoms with Gasteiger partial charge in [0.2, 0.25) is 0 Å². The van der Waals surface area contributed by atoms with Crippen LogP contribution in [0.5, 0.6) is 0 Å². The van der Waals surface area contributed by atoms with Crippen molar-refractivity contribution in [1.82, 2.24) is 0 Å². The Morgan fingerprint density at radius 2 is 1.81 bits per heavy atom. The predicted octanol–water partition coefficient (Wildman–Crippen LogP) is 5.19. The topological polar surface area (TPSA) is 0 Å². The average molecular weight is 232 g/mol. The van der Waals surface area contributed by atoms with Crippen molar-refractivity contribution >= 4 is 0 Å². The van der Waals surface area contributed by atoms with Gasteiger partial charge >= 0.3 is 6.18 Å². The Kier molecular flexibility index (Phi) is 6.16. The fraction of sp³-hybridized carbons (Fsp3) is 0.538. The molecule has 0 atom stereocenters. The number of allylic oxidation sites excluding steroid dienone is 5. The SMILES string of the molecule is C=C/C(C)=C\C(=C(\C)CCCC)C(F)(F)F. The maximum atomic E-state index is 12.8. The minimum absolute atomic E-state index is 0.399. The molecule has 0 amide bonds. The van der Waals surface area contributed by atoms with Crippen LogP contribution in [0.1, 0.15) is 40.0 Å². The van der Waals surface area contributed by atoms with Gasteiger partial charge in [-0.25, -0.2) is 0 Å². The molecule has 0 rings (SSSR count). The van der Waals surface area contributed by atoms with Gasteiger partial charge in [-0.3, -0.25) is 0 Å². The van der Waals surface area contributed by atoms with Gasteiger partial charge in [0.1, 0.15) is 0 Å². The Hall–Kier alpha value is -0.990. The average Bonchev–Trinajstić information content (AvgIpc) is 2.20. The summed E-state index contributed by atoms with van der Waals surface area (Å²) in [4.78, 5) is 0. The van der Waals surface area contributed by atoms with Gasteiger partial charge in [0.25, 0.3) is 0 Å². The Labute approximate surface area is 95.5 Å². The summed E-state index contributed by atoms with van der Waals surface area (Å²) in [5.74, 6) is 0. The van der Waals surface area contributed by atoms with Crippen LogP contribution < -0.4 is 0 Å². The summed E-state index contributed by atoms with van der Waals surface area (Å²) in [6.45, 7) is 8.59. The van der Waals surface area contributed by atoms with Crippen molar-refractivity contribution in [3.63, 3.8) is 0 Å². The molecule has 0 radical (unpaired) electrons. The van der Waals surface area contributed by atoms with E-state index in [1.165, 1.54) is 6.08 Å². The fourth-order valence-corrected chi connectivity index (χ4v) is 1.31. The van der Waals surface area contributed by atoms with E-state index in [1.807, 2.05) is 6.92 Å². The molecule has 0 aliphatic carbocycles.